The SMILES string of the molecule is CN[C@@H](Cc1c[nH]c2ccccc12)C(=O)O.CN[C@@H](Cc1ccc(O)cc1)C(=O)O.CN[C@H](C(=O)O)C(C)C. The maximum absolute atomic E-state index is 10.9. The number of carboxylic acid groups (broad SMARTS) is 3. The topological polar surface area (TPSA) is 184 Å². The zero-order chi connectivity index (χ0) is 29.5. The van der Waals surface area contributed by atoms with Gasteiger partial charge in [0.15, 0.2) is 0 Å². The number of carbonyl (C=O) groups is 3. The molecule has 0 aliphatic carbocycles. The Labute approximate surface area is 228 Å². The summed E-state index contributed by atoms with van der Waals surface area (Å²) < 4.78 is 0. The predicted molar refractivity (Wildman–Crippen MR) is 150 cm³/mol. The molecule has 0 bridgehead atoms. The highest BCUT2D eigenvalue weighted by Gasteiger charge is 2.18. The van der Waals surface area contributed by atoms with Crippen molar-refractivity contribution < 1.29 is 34.8 Å². The summed E-state index contributed by atoms with van der Waals surface area (Å²) in [4.78, 5) is 35.1. The molecule has 0 spiro atoms. The van der Waals surface area contributed by atoms with Crippen LogP contribution in [0.4, 0.5) is 0 Å². The van der Waals surface area contributed by atoms with E-state index < -0.39 is 36.0 Å². The molecule has 2 aromatic carbocycles. The van der Waals surface area contributed by atoms with Crippen LogP contribution < -0.4 is 16.0 Å². The summed E-state index contributed by atoms with van der Waals surface area (Å²) in [6.45, 7) is 3.74. The molecule has 1 heterocycles. The van der Waals surface area contributed by atoms with Crippen molar-refractivity contribution in [2.24, 2.45) is 5.92 Å². The molecule has 3 atom stereocenters. The third-order valence-electron chi connectivity index (χ3n) is 6.01. The number of hydrogen-bond acceptors (Lipinski definition) is 7. The molecule has 0 saturated heterocycles. The Morgan fingerprint density at radius 2 is 1.31 bits per heavy atom. The van der Waals surface area contributed by atoms with Crippen LogP contribution in [0.15, 0.2) is 54.7 Å². The van der Waals surface area contributed by atoms with Crippen LogP contribution in [-0.2, 0) is 27.2 Å². The molecular formula is C28H40N4O7. The lowest BCUT2D eigenvalue weighted by molar-refractivity contribution is -0.141. The fourth-order valence-electron chi connectivity index (χ4n) is 3.76. The summed E-state index contributed by atoms with van der Waals surface area (Å²) >= 11 is 0. The number of rotatable bonds is 11. The van der Waals surface area contributed by atoms with Gasteiger partial charge in [0, 0.05) is 23.5 Å². The van der Waals surface area contributed by atoms with Gasteiger partial charge in [0.2, 0.25) is 0 Å². The van der Waals surface area contributed by atoms with Gasteiger partial charge in [0.1, 0.15) is 23.9 Å². The lowest BCUT2D eigenvalue weighted by atomic mass is 10.1. The molecule has 0 aliphatic rings. The van der Waals surface area contributed by atoms with Crippen molar-refractivity contribution >= 4 is 28.8 Å². The van der Waals surface area contributed by atoms with E-state index >= 15 is 0 Å². The normalized spacial score (nSPS) is 12.9. The third-order valence-corrected chi connectivity index (χ3v) is 6.01. The van der Waals surface area contributed by atoms with Gasteiger partial charge >= 0.3 is 17.9 Å². The van der Waals surface area contributed by atoms with E-state index in [4.69, 9.17) is 20.4 Å². The van der Waals surface area contributed by atoms with Crippen molar-refractivity contribution in [3.05, 3.63) is 65.9 Å². The van der Waals surface area contributed by atoms with E-state index in [1.54, 1.807) is 45.4 Å². The first-order valence-corrected chi connectivity index (χ1v) is 12.5. The molecule has 0 unspecified atom stereocenters. The monoisotopic (exact) mass is 544 g/mol. The van der Waals surface area contributed by atoms with Gasteiger partial charge in [0.25, 0.3) is 0 Å². The van der Waals surface area contributed by atoms with E-state index in [1.165, 1.54) is 0 Å². The zero-order valence-electron chi connectivity index (χ0n) is 22.9. The second-order valence-electron chi connectivity index (χ2n) is 9.14. The first-order chi connectivity index (χ1) is 18.4. The minimum Gasteiger partial charge on any atom is -0.508 e. The van der Waals surface area contributed by atoms with E-state index in [2.05, 4.69) is 20.9 Å². The number of phenols is 1. The molecule has 0 amide bonds. The van der Waals surface area contributed by atoms with Gasteiger partial charge in [-0.2, -0.15) is 0 Å². The number of para-hydroxylation sites is 1. The molecule has 0 radical (unpaired) electrons. The highest BCUT2D eigenvalue weighted by atomic mass is 16.4. The van der Waals surface area contributed by atoms with E-state index in [1.807, 2.05) is 44.3 Å². The minimum absolute atomic E-state index is 0.146. The number of fused-ring (bicyclic) bond motifs is 1. The van der Waals surface area contributed by atoms with Gasteiger partial charge in [-0.3, -0.25) is 14.4 Å². The quantitative estimate of drug-likeness (QED) is 0.178. The third kappa shape index (κ3) is 11.1. The van der Waals surface area contributed by atoms with Crippen LogP contribution in [0.25, 0.3) is 10.9 Å². The lowest BCUT2D eigenvalue weighted by Gasteiger charge is -2.13. The largest absolute Gasteiger partial charge is 0.508 e. The van der Waals surface area contributed by atoms with Gasteiger partial charge in [-0.25, -0.2) is 0 Å². The Morgan fingerprint density at radius 1 is 0.769 bits per heavy atom. The average Bonchev–Trinajstić information content (AvgIpc) is 3.30. The smallest absolute Gasteiger partial charge is 0.321 e. The van der Waals surface area contributed by atoms with E-state index in [-0.39, 0.29) is 11.7 Å². The molecule has 0 aliphatic heterocycles. The van der Waals surface area contributed by atoms with Crippen molar-refractivity contribution in [2.75, 3.05) is 21.1 Å². The number of aromatic nitrogens is 1. The summed E-state index contributed by atoms with van der Waals surface area (Å²) in [7, 11) is 4.92. The zero-order valence-corrected chi connectivity index (χ0v) is 22.9. The van der Waals surface area contributed by atoms with Crippen LogP contribution in [0.2, 0.25) is 0 Å². The number of nitrogens with one attached hydrogen (secondary N) is 4. The van der Waals surface area contributed by atoms with Crippen LogP contribution in [0.5, 0.6) is 5.75 Å². The van der Waals surface area contributed by atoms with Crippen LogP contribution in [-0.4, -0.2) is 82.6 Å². The summed E-state index contributed by atoms with van der Waals surface area (Å²) in [6, 6.07) is 12.9. The predicted octanol–water partition coefficient (Wildman–Crippen LogP) is 2.31. The lowest BCUT2D eigenvalue weighted by Crippen LogP contribution is -2.38. The molecule has 11 heteroatoms. The summed E-state index contributed by atoms with van der Waals surface area (Å²) in [5, 5.41) is 44.5. The molecule has 214 valence electrons. The molecule has 11 nitrogen and oxygen atoms in total. The Balaban J connectivity index is 0.000000305. The first-order valence-electron chi connectivity index (χ1n) is 12.5. The van der Waals surface area contributed by atoms with E-state index in [0.29, 0.717) is 12.8 Å². The second-order valence-corrected chi connectivity index (χ2v) is 9.14. The summed E-state index contributed by atoms with van der Waals surface area (Å²) in [5.41, 5.74) is 2.94. The number of hydrogen-bond donors (Lipinski definition) is 8. The molecule has 8 N–H and O–H groups in total. The number of aliphatic carboxylic acids is 3. The molecule has 0 saturated carbocycles. The highest BCUT2D eigenvalue weighted by molar-refractivity contribution is 5.84. The van der Waals surface area contributed by atoms with Gasteiger partial charge in [-0.1, -0.05) is 44.2 Å². The van der Waals surface area contributed by atoms with E-state index in [9.17, 15) is 14.4 Å². The van der Waals surface area contributed by atoms with Gasteiger partial charge in [-0.15, -0.1) is 0 Å². The minimum atomic E-state index is -0.874. The van der Waals surface area contributed by atoms with Gasteiger partial charge in [-0.05, 0) is 62.8 Å². The maximum atomic E-state index is 10.9. The molecule has 1 aromatic heterocycles. The summed E-state index contributed by atoms with van der Waals surface area (Å²) in [5.74, 6) is -2.15. The summed E-state index contributed by atoms with van der Waals surface area (Å²) in [6.07, 6.45) is 2.76. The first kappa shape index (κ1) is 33.1. The van der Waals surface area contributed by atoms with E-state index in [0.717, 1.165) is 22.0 Å². The van der Waals surface area contributed by atoms with Crippen LogP contribution >= 0.6 is 0 Å². The number of aromatic hydroxyl groups is 1. The number of phenolic OH excluding ortho intramolecular Hbond substituents is 1. The molecule has 39 heavy (non-hydrogen) atoms. The maximum Gasteiger partial charge on any atom is 0.321 e. The average molecular weight is 545 g/mol. The number of benzene rings is 2. The Bertz CT molecular complexity index is 1180. The Hall–Kier alpha value is -3.93. The van der Waals surface area contributed by atoms with Crippen molar-refractivity contribution in [2.45, 2.75) is 44.8 Å². The number of carboxylic acids is 3. The number of likely N-dealkylation sites (N-methyl/N-ethyl adjacent to an activating group) is 3. The van der Waals surface area contributed by atoms with Crippen LogP contribution in [0.1, 0.15) is 25.0 Å². The fourth-order valence-corrected chi connectivity index (χ4v) is 3.76. The molecule has 0 fully saturated rings. The number of H-pyrrole nitrogens is 1. The van der Waals surface area contributed by atoms with Gasteiger partial charge < -0.3 is 41.4 Å². The molecule has 3 aromatic rings. The van der Waals surface area contributed by atoms with Crippen molar-refractivity contribution in [1.82, 2.24) is 20.9 Å². The van der Waals surface area contributed by atoms with Crippen LogP contribution in [0, 0.1) is 5.92 Å². The van der Waals surface area contributed by atoms with Gasteiger partial charge in [0.05, 0.1) is 0 Å². The van der Waals surface area contributed by atoms with Crippen molar-refractivity contribution in [3.8, 4) is 5.75 Å². The Kier molecular flexibility index (Phi) is 14.3. The van der Waals surface area contributed by atoms with Crippen LogP contribution in [0.3, 0.4) is 0 Å². The van der Waals surface area contributed by atoms with Crippen molar-refractivity contribution in [1.29, 1.82) is 0 Å². The second kappa shape index (κ2) is 16.8. The highest BCUT2D eigenvalue weighted by Crippen LogP contribution is 2.19. The molecule has 3 rings (SSSR count). The number of aromatic amines is 1. The van der Waals surface area contributed by atoms with Crippen molar-refractivity contribution in [3.63, 3.8) is 0 Å². The Morgan fingerprint density at radius 3 is 1.74 bits per heavy atom. The molecular weight excluding hydrogens is 504 g/mol. The fraction of sp³-hybridized carbons (Fsp3) is 0.393. The standard InChI is InChI=1S/C12H14N2O2.C10H13NO3.C6H13NO2/c1-13-11(12(15)16)6-8-7-14-10-5-3-2-4-9(8)10;1-11-9(10(13)14)6-7-2-4-8(12)5-3-7;1-4(2)5(7-3)6(8)9/h2-5,7,11,13-14H,6H2,1H3,(H,15,16);2-5,9,11-12H,6H2,1H3,(H,13,14);4-5,7H,1-3H3,(H,8,9)/t11-;9-;5-/m000/s1.